The van der Waals surface area contributed by atoms with Crippen LogP contribution < -0.4 is 25.0 Å². The number of anilines is 1. The lowest BCUT2D eigenvalue weighted by molar-refractivity contribution is -0.145. The van der Waals surface area contributed by atoms with Gasteiger partial charge in [-0.1, -0.05) is 75.2 Å². The summed E-state index contributed by atoms with van der Waals surface area (Å²) in [4.78, 5) is 77.6. The van der Waals surface area contributed by atoms with E-state index in [-0.39, 0.29) is 102 Å². The van der Waals surface area contributed by atoms with Gasteiger partial charge in [-0.3, -0.25) is 24.3 Å². The second-order valence-electron chi connectivity index (χ2n) is 27.1. The minimum atomic E-state index is -1.06. The number of nitrogens with one attached hydrogen (secondary N) is 2. The monoisotopic (exact) mass is 1250 g/mol. The van der Waals surface area contributed by atoms with E-state index < -0.39 is 64.6 Å². The maximum Gasteiger partial charge on any atom is 0.410 e. The maximum atomic E-state index is 17.8. The van der Waals surface area contributed by atoms with Gasteiger partial charge in [-0.05, 0) is 119 Å². The summed E-state index contributed by atoms with van der Waals surface area (Å²) >= 11 is 0. The summed E-state index contributed by atoms with van der Waals surface area (Å²) in [5, 5.41) is 17.8. The molecule has 91 heavy (non-hydrogen) atoms. The molecule has 5 fully saturated rings. The molecule has 3 N–H and O–H groups in total. The Morgan fingerprint density at radius 3 is 2.29 bits per heavy atom. The van der Waals surface area contributed by atoms with Crippen LogP contribution in [0.5, 0.6) is 11.8 Å². The van der Waals surface area contributed by atoms with Crippen LogP contribution in [-0.4, -0.2) is 167 Å². The van der Waals surface area contributed by atoms with Crippen LogP contribution in [0.2, 0.25) is 0 Å². The van der Waals surface area contributed by atoms with E-state index in [1.54, 1.807) is 42.5 Å². The molecule has 11 rings (SSSR count). The number of halogens is 3. The normalized spacial score (nSPS) is 21.3. The Bertz CT molecular complexity index is 3760. The van der Waals surface area contributed by atoms with E-state index in [9.17, 15) is 28.7 Å². The van der Waals surface area contributed by atoms with Crippen LogP contribution in [-0.2, 0) is 28.6 Å². The number of likely N-dealkylation sites (tertiary alicyclic amines) is 2. The highest BCUT2D eigenvalue weighted by Gasteiger charge is 2.48. The van der Waals surface area contributed by atoms with Crippen molar-refractivity contribution in [1.29, 1.82) is 0 Å². The Hall–Kier alpha value is -8.10. The van der Waals surface area contributed by atoms with E-state index in [4.69, 9.17) is 40.1 Å². The molecular weight excluding hydrogens is 1170 g/mol. The van der Waals surface area contributed by atoms with E-state index in [1.807, 2.05) is 70.4 Å². The Morgan fingerprint density at radius 1 is 0.868 bits per heavy atom. The van der Waals surface area contributed by atoms with Crippen LogP contribution in [0.25, 0.3) is 44.1 Å². The number of rotatable bonds is 19. The van der Waals surface area contributed by atoms with Crippen molar-refractivity contribution in [3.05, 3.63) is 108 Å². The molecule has 4 saturated heterocycles. The Morgan fingerprint density at radius 2 is 1.60 bits per heavy atom. The fourth-order valence-corrected chi connectivity index (χ4v) is 13.2. The topological polar surface area (TPSA) is 210 Å². The molecule has 4 amide bonds. The number of β-amino-alcohol motifs (C(OH)–C–C–N with tert-alkyl or cyclic N) is 1. The number of piperazine rings is 1. The van der Waals surface area contributed by atoms with E-state index in [0.29, 0.717) is 66.1 Å². The number of pyridine rings is 1. The van der Waals surface area contributed by atoms with Crippen molar-refractivity contribution in [1.82, 2.24) is 40.3 Å². The van der Waals surface area contributed by atoms with Crippen LogP contribution >= 0.6 is 0 Å². The third kappa shape index (κ3) is 14.2. The van der Waals surface area contributed by atoms with Crippen molar-refractivity contribution in [2.75, 3.05) is 71.3 Å². The minimum absolute atomic E-state index is 0.0203. The fraction of sp³-hybridized carbons (Fsp3) is 0.493. The van der Waals surface area contributed by atoms with Crippen molar-refractivity contribution < 1.29 is 61.1 Å². The highest BCUT2D eigenvalue weighted by Crippen LogP contribution is 2.48. The van der Waals surface area contributed by atoms with Crippen molar-refractivity contribution in [3.63, 3.8) is 0 Å². The molecule has 0 radical (unpaired) electrons. The van der Waals surface area contributed by atoms with Gasteiger partial charge in [0.05, 0.1) is 47.9 Å². The third-order valence-electron chi connectivity index (χ3n) is 18.0. The van der Waals surface area contributed by atoms with Gasteiger partial charge in [-0.2, -0.15) is 9.97 Å². The number of aliphatic hydroxyl groups excluding tert-OH is 1. The van der Waals surface area contributed by atoms with Crippen LogP contribution in [0, 0.1) is 40.6 Å². The van der Waals surface area contributed by atoms with E-state index in [1.165, 1.54) is 36.4 Å². The standard InChI is InChI=1S/C69H80F3N9O10/c1-10-49-54(71)24-21-43-28-48(90-39-87-9)30-51(57(43)49)59-58(72)60-52(31-73-59)62(79-32-44-22-23-45(33-79)81(44)66(86)91-68(6,7)8)77-65(76-60)89-38-69(25-26-69)37-78-27-13-14-47(35-78)88-36-56(83)75-61(67(3,4)5)64(85)80-34-46(82)29-55(80)63(84)74-40(2)41-17-19-42(20-18-41)50-15-11-12-16-53(50)70/h1,11-12,15-21,24,28,30-31,40,44-47,55,61,82H,13-14,22-23,25-27,29,32-39H2,2-9H3,(H,74,84)(H,75,83)/t40-,44?,45?,46+,47-,55-,61+/m0/s1. The second-order valence-corrected chi connectivity index (χ2v) is 27.1. The van der Waals surface area contributed by atoms with Gasteiger partial charge in [0.25, 0.3) is 0 Å². The smallest absolute Gasteiger partial charge is 0.410 e. The largest absolute Gasteiger partial charge is 0.468 e. The molecule has 5 aliphatic rings. The van der Waals surface area contributed by atoms with Gasteiger partial charge in [0.15, 0.2) is 12.6 Å². The molecule has 482 valence electrons. The van der Waals surface area contributed by atoms with E-state index in [0.717, 1.165) is 44.2 Å². The van der Waals surface area contributed by atoms with Crippen molar-refractivity contribution in [3.8, 4) is 46.5 Å². The van der Waals surface area contributed by atoms with Crippen LogP contribution in [0.1, 0.15) is 111 Å². The Labute approximate surface area is 528 Å². The minimum Gasteiger partial charge on any atom is -0.468 e. The number of hydrogen-bond donors (Lipinski definition) is 3. The number of hydrogen-bond acceptors (Lipinski definition) is 15. The zero-order valence-corrected chi connectivity index (χ0v) is 52.8. The van der Waals surface area contributed by atoms with Gasteiger partial charge in [0.2, 0.25) is 17.7 Å². The first-order valence-corrected chi connectivity index (χ1v) is 31.3. The third-order valence-corrected chi connectivity index (χ3v) is 18.0. The first kappa shape index (κ1) is 64.4. The molecule has 22 heteroatoms. The van der Waals surface area contributed by atoms with Gasteiger partial charge in [0, 0.05) is 74.4 Å². The summed E-state index contributed by atoms with van der Waals surface area (Å²) in [5.74, 6) is -0.126. The molecule has 4 aliphatic heterocycles. The number of amides is 4. The van der Waals surface area contributed by atoms with E-state index >= 15 is 8.78 Å². The summed E-state index contributed by atoms with van der Waals surface area (Å²) < 4.78 is 77.4. The molecule has 19 nitrogen and oxygen atoms in total. The molecule has 6 aromatic rings. The zero-order chi connectivity index (χ0) is 64.7. The first-order chi connectivity index (χ1) is 43.4. The predicted octanol–water partition coefficient (Wildman–Crippen LogP) is 9.49. The molecular formula is C69H80F3N9O10. The average Bonchev–Trinajstić information content (AvgIpc) is 1.78. The number of benzene rings is 4. The quantitative estimate of drug-likeness (QED) is 0.0509. The van der Waals surface area contributed by atoms with Gasteiger partial charge >= 0.3 is 12.1 Å². The van der Waals surface area contributed by atoms with E-state index in [2.05, 4.69) is 26.4 Å². The highest BCUT2D eigenvalue weighted by atomic mass is 19.1. The molecule has 4 aromatic carbocycles. The Balaban J connectivity index is 0.761. The molecule has 6 heterocycles. The average molecular weight is 1250 g/mol. The lowest BCUT2D eigenvalue weighted by atomic mass is 9.85. The molecule has 1 aliphatic carbocycles. The molecule has 2 bridgehead atoms. The fourth-order valence-electron chi connectivity index (χ4n) is 13.2. The summed E-state index contributed by atoms with van der Waals surface area (Å²) in [7, 11) is 1.47. The number of fused-ring (bicyclic) bond motifs is 4. The second kappa shape index (κ2) is 26.2. The molecule has 2 unspecified atom stereocenters. The number of aromatic nitrogens is 3. The van der Waals surface area contributed by atoms with Crippen molar-refractivity contribution >= 4 is 51.3 Å². The number of piperidine rings is 1. The van der Waals surface area contributed by atoms with Gasteiger partial charge < -0.3 is 54.1 Å². The summed E-state index contributed by atoms with van der Waals surface area (Å²) in [6.45, 7) is 15.2. The molecule has 2 aromatic heterocycles. The van der Waals surface area contributed by atoms with Crippen molar-refractivity contribution in [2.45, 2.75) is 141 Å². The summed E-state index contributed by atoms with van der Waals surface area (Å²) in [5.41, 5.74) is -0.000576. The van der Waals surface area contributed by atoms with Crippen LogP contribution in [0.4, 0.5) is 23.8 Å². The number of carbonyl (C=O) groups excluding carboxylic acids is 4. The first-order valence-electron chi connectivity index (χ1n) is 31.3. The predicted molar refractivity (Wildman–Crippen MR) is 336 cm³/mol. The number of methoxy groups -OCH3 is 1. The molecule has 7 atom stereocenters. The lowest BCUT2D eigenvalue weighted by Crippen LogP contribution is -2.58. The summed E-state index contributed by atoms with van der Waals surface area (Å²) in [6, 6.07) is 16.7. The molecule has 0 spiro atoms. The molecule has 1 saturated carbocycles. The summed E-state index contributed by atoms with van der Waals surface area (Å²) in [6.07, 6.45) is 10.4. The number of terminal acetylenes is 1. The van der Waals surface area contributed by atoms with Gasteiger partial charge in [-0.25, -0.2) is 18.0 Å². The van der Waals surface area contributed by atoms with Crippen LogP contribution in [0.15, 0.2) is 79.0 Å². The zero-order valence-electron chi connectivity index (χ0n) is 52.8. The van der Waals surface area contributed by atoms with Crippen LogP contribution in [0.3, 0.4) is 0 Å². The highest BCUT2D eigenvalue weighted by molar-refractivity contribution is 6.03. The number of aliphatic hydroxyl groups is 1. The number of carbonyl (C=O) groups is 4. The lowest BCUT2D eigenvalue weighted by Gasteiger charge is -2.42. The number of nitrogens with zero attached hydrogens (tertiary/aromatic N) is 7. The van der Waals surface area contributed by atoms with Gasteiger partial charge in [-0.15, -0.1) is 6.42 Å². The number of ether oxygens (including phenoxy) is 5. The van der Waals surface area contributed by atoms with Gasteiger partial charge in [0.1, 0.15) is 58.7 Å². The Kier molecular flexibility index (Phi) is 18.6. The maximum absolute atomic E-state index is 17.8. The van der Waals surface area contributed by atoms with Crippen molar-refractivity contribution in [2.24, 2.45) is 10.8 Å². The SMILES string of the molecule is C#Cc1c(F)ccc2cc(OCOC)cc(-c3ncc4c(N5CC6CCC(C5)N6C(=O)OC(C)(C)C)nc(OCC5(CN6CCC[C@H](OCC(=O)N[C@H](C(=O)N7C[C@H](O)C[C@H]7C(=O)N[C@@H](C)c7ccc(-c8ccccc8F)cc7)C(C)(C)C)C6)CC5)nc4c3F)c12.